The zero-order valence-corrected chi connectivity index (χ0v) is 10.6. The Hall–Kier alpha value is -1.79. The largest absolute Gasteiger partial charge is 0.389 e. The van der Waals surface area contributed by atoms with Crippen molar-refractivity contribution in [3.8, 4) is 0 Å². The average Bonchev–Trinajstić information content (AvgIpc) is 2.28. The third-order valence-corrected chi connectivity index (χ3v) is 3.21. The summed E-state index contributed by atoms with van der Waals surface area (Å²) in [5.41, 5.74) is 6.07. The van der Waals surface area contributed by atoms with Gasteiger partial charge in [0.25, 0.3) is 5.56 Å². The van der Waals surface area contributed by atoms with Crippen LogP contribution in [0.3, 0.4) is 0 Å². The van der Waals surface area contributed by atoms with Crippen molar-refractivity contribution in [1.82, 2.24) is 9.97 Å². The number of H-pyrrole nitrogens is 1. The van der Waals surface area contributed by atoms with E-state index in [1.54, 1.807) is 6.92 Å². The predicted molar refractivity (Wildman–Crippen MR) is 70.5 cm³/mol. The molecule has 1 heterocycles. The van der Waals surface area contributed by atoms with E-state index >= 15 is 0 Å². The van der Waals surface area contributed by atoms with Gasteiger partial charge in [-0.05, 0) is 24.6 Å². The Morgan fingerprint density at radius 3 is 2.61 bits per heavy atom. The highest BCUT2D eigenvalue weighted by atomic mass is 32.2. The lowest BCUT2D eigenvalue weighted by molar-refractivity contribution is 0.199. The number of hydrogen-bond donors (Lipinski definition) is 3. The van der Waals surface area contributed by atoms with Crippen molar-refractivity contribution in [2.45, 2.75) is 23.1 Å². The van der Waals surface area contributed by atoms with Gasteiger partial charge in [-0.1, -0.05) is 23.9 Å². The van der Waals surface area contributed by atoms with Gasteiger partial charge in [0.15, 0.2) is 5.16 Å². The molecule has 0 saturated heterocycles. The Balaban J connectivity index is 2.20. The zero-order valence-electron chi connectivity index (χ0n) is 9.75. The van der Waals surface area contributed by atoms with Gasteiger partial charge >= 0.3 is 0 Å². The molecule has 2 aromatic rings. The summed E-state index contributed by atoms with van der Waals surface area (Å²) >= 11 is 1.31. The second-order valence-corrected chi connectivity index (χ2v) is 4.88. The van der Waals surface area contributed by atoms with Gasteiger partial charge in [-0.15, -0.1) is 0 Å². The first kappa shape index (κ1) is 12.7. The van der Waals surface area contributed by atoms with Crippen LogP contribution >= 0.6 is 11.8 Å². The summed E-state index contributed by atoms with van der Waals surface area (Å²) in [5, 5.41) is 9.84. The van der Waals surface area contributed by atoms with E-state index in [2.05, 4.69) is 9.97 Å². The first-order chi connectivity index (χ1) is 8.54. The lowest BCUT2D eigenvalue weighted by Crippen LogP contribution is -2.09. The molecule has 1 unspecified atom stereocenters. The standard InChI is InChI=1S/C12H13N3O2S/c1-7(16)8-2-4-9(5-3-8)18-12-14-10(13)6-11(17)15-12/h2-7,16H,1H3,(H3,13,14,15,17). The van der Waals surface area contributed by atoms with E-state index in [0.717, 1.165) is 10.5 Å². The van der Waals surface area contributed by atoms with Crippen LogP contribution < -0.4 is 11.3 Å². The molecule has 0 aliphatic heterocycles. The molecule has 4 N–H and O–H groups in total. The smallest absolute Gasteiger partial charge is 0.253 e. The van der Waals surface area contributed by atoms with E-state index in [0.29, 0.717) is 5.16 Å². The van der Waals surface area contributed by atoms with E-state index in [-0.39, 0.29) is 11.4 Å². The van der Waals surface area contributed by atoms with Crippen LogP contribution in [0.5, 0.6) is 0 Å². The number of benzene rings is 1. The van der Waals surface area contributed by atoms with Crippen LogP contribution in [0.15, 0.2) is 45.2 Å². The second-order valence-electron chi connectivity index (χ2n) is 3.82. The quantitative estimate of drug-likeness (QED) is 0.731. The fourth-order valence-corrected chi connectivity index (χ4v) is 2.23. The third kappa shape index (κ3) is 3.12. The van der Waals surface area contributed by atoms with Crippen LogP contribution in [0, 0.1) is 0 Å². The number of hydrogen-bond acceptors (Lipinski definition) is 5. The number of anilines is 1. The van der Waals surface area contributed by atoms with Crippen LogP contribution in [0.25, 0.3) is 0 Å². The number of aliphatic hydroxyl groups excluding tert-OH is 1. The first-order valence-electron chi connectivity index (χ1n) is 5.37. The molecule has 0 bridgehead atoms. The molecule has 0 radical (unpaired) electrons. The van der Waals surface area contributed by atoms with Crippen molar-refractivity contribution in [3.63, 3.8) is 0 Å². The summed E-state index contributed by atoms with van der Waals surface area (Å²) in [6.45, 7) is 1.71. The number of aromatic nitrogens is 2. The molecule has 0 amide bonds. The van der Waals surface area contributed by atoms with E-state index in [1.165, 1.54) is 17.8 Å². The van der Waals surface area contributed by atoms with Crippen LogP contribution in [0.1, 0.15) is 18.6 Å². The number of nitrogens with zero attached hydrogens (tertiary/aromatic N) is 1. The molecule has 1 aromatic heterocycles. The second kappa shape index (κ2) is 5.24. The molecular formula is C12H13N3O2S. The van der Waals surface area contributed by atoms with Gasteiger partial charge in [-0.2, -0.15) is 0 Å². The lowest BCUT2D eigenvalue weighted by Gasteiger charge is -2.05. The Morgan fingerprint density at radius 1 is 1.39 bits per heavy atom. The first-order valence-corrected chi connectivity index (χ1v) is 6.19. The van der Waals surface area contributed by atoms with E-state index in [1.807, 2.05) is 24.3 Å². The number of aromatic amines is 1. The van der Waals surface area contributed by atoms with Crippen molar-refractivity contribution in [1.29, 1.82) is 0 Å². The number of nitrogen functional groups attached to an aromatic ring is 1. The van der Waals surface area contributed by atoms with Gasteiger partial charge in [0.05, 0.1) is 6.10 Å². The molecule has 0 aliphatic carbocycles. The summed E-state index contributed by atoms with van der Waals surface area (Å²) in [6, 6.07) is 8.61. The van der Waals surface area contributed by atoms with Gasteiger partial charge < -0.3 is 15.8 Å². The number of nitrogens with one attached hydrogen (secondary N) is 1. The molecule has 18 heavy (non-hydrogen) atoms. The van der Waals surface area contributed by atoms with Crippen LogP contribution in [-0.4, -0.2) is 15.1 Å². The summed E-state index contributed by atoms with van der Waals surface area (Å²) < 4.78 is 0. The lowest BCUT2D eigenvalue weighted by atomic mass is 10.1. The van der Waals surface area contributed by atoms with Gasteiger partial charge in [-0.3, -0.25) is 4.79 Å². The maximum absolute atomic E-state index is 11.2. The summed E-state index contributed by atoms with van der Waals surface area (Å²) in [4.78, 5) is 18.8. The summed E-state index contributed by atoms with van der Waals surface area (Å²) in [7, 11) is 0. The molecule has 0 spiro atoms. The number of aliphatic hydroxyl groups is 1. The maximum Gasteiger partial charge on any atom is 0.253 e. The van der Waals surface area contributed by atoms with Gasteiger partial charge in [0.2, 0.25) is 0 Å². The Kier molecular flexibility index (Phi) is 3.69. The fraction of sp³-hybridized carbons (Fsp3) is 0.167. The van der Waals surface area contributed by atoms with E-state index in [9.17, 15) is 9.90 Å². The number of rotatable bonds is 3. The highest BCUT2D eigenvalue weighted by molar-refractivity contribution is 7.99. The Bertz CT molecular complexity index is 593. The van der Waals surface area contributed by atoms with Crippen LogP contribution in [0.2, 0.25) is 0 Å². The molecule has 1 aromatic carbocycles. The summed E-state index contributed by atoms with van der Waals surface area (Å²) in [6.07, 6.45) is -0.491. The molecule has 0 fully saturated rings. The maximum atomic E-state index is 11.2. The average molecular weight is 263 g/mol. The Labute approximate surface area is 108 Å². The Morgan fingerprint density at radius 2 is 2.06 bits per heavy atom. The minimum atomic E-state index is -0.491. The highest BCUT2D eigenvalue weighted by Gasteiger charge is 2.04. The molecule has 1 atom stereocenters. The third-order valence-electron chi connectivity index (χ3n) is 2.32. The van der Waals surface area contributed by atoms with Crippen LogP contribution in [-0.2, 0) is 0 Å². The molecule has 6 heteroatoms. The van der Waals surface area contributed by atoms with Crippen LogP contribution in [0.4, 0.5) is 5.82 Å². The molecule has 5 nitrogen and oxygen atoms in total. The fourth-order valence-electron chi connectivity index (χ4n) is 1.43. The number of nitrogens with two attached hydrogens (primary N) is 1. The van der Waals surface area contributed by atoms with Crippen molar-refractivity contribution < 1.29 is 5.11 Å². The monoisotopic (exact) mass is 263 g/mol. The van der Waals surface area contributed by atoms with Gasteiger partial charge in [0, 0.05) is 11.0 Å². The van der Waals surface area contributed by atoms with Crippen molar-refractivity contribution >= 4 is 17.6 Å². The van der Waals surface area contributed by atoms with Gasteiger partial charge in [-0.25, -0.2) is 4.98 Å². The molecule has 2 rings (SSSR count). The van der Waals surface area contributed by atoms with E-state index in [4.69, 9.17) is 5.73 Å². The van der Waals surface area contributed by atoms with Crippen molar-refractivity contribution in [2.24, 2.45) is 0 Å². The minimum absolute atomic E-state index is 0.196. The zero-order chi connectivity index (χ0) is 13.1. The van der Waals surface area contributed by atoms with Crippen molar-refractivity contribution in [2.75, 3.05) is 5.73 Å². The molecule has 94 valence electrons. The predicted octanol–water partition coefficient (Wildman–Crippen LogP) is 1.56. The minimum Gasteiger partial charge on any atom is -0.389 e. The highest BCUT2D eigenvalue weighted by Crippen LogP contribution is 2.25. The van der Waals surface area contributed by atoms with Gasteiger partial charge in [0.1, 0.15) is 5.82 Å². The molecule has 0 aliphatic rings. The molecule has 0 saturated carbocycles. The topological polar surface area (TPSA) is 92.0 Å². The molecular weight excluding hydrogens is 250 g/mol. The normalized spacial score (nSPS) is 12.3. The van der Waals surface area contributed by atoms with Crippen molar-refractivity contribution in [3.05, 3.63) is 46.2 Å². The SMILES string of the molecule is CC(O)c1ccc(Sc2nc(N)cc(=O)[nH]2)cc1. The van der Waals surface area contributed by atoms with E-state index < -0.39 is 6.10 Å². The summed E-state index contributed by atoms with van der Waals surface area (Å²) in [5.74, 6) is 0.196.